The summed E-state index contributed by atoms with van der Waals surface area (Å²) < 4.78 is 36.3. The first-order valence-electron chi connectivity index (χ1n) is 4.58. The van der Waals surface area contributed by atoms with Gasteiger partial charge in [-0.15, -0.1) is 0 Å². The van der Waals surface area contributed by atoms with Gasteiger partial charge in [-0.1, -0.05) is 6.07 Å². The molecule has 0 fully saturated rings. The molecular weight excluding hydrogens is 248 g/mol. The van der Waals surface area contributed by atoms with E-state index in [4.69, 9.17) is 4.18 Å². The van der Waals surface area contributed by atoms with E-state index in [0.29, 0.717) is 0 Å². The molecule has 0 atom stereocenters. The van der Waals surface area contributed by atoms with Crippen LogP contribution in [0.5, 0.6) is 5.75 Å². The van der Waals surface area contributed by atoms with Crippen LogP contribution in [0.25, 0.3) is 0 Å². The van der Waals surface area contributed by atoms with Crippen molar-refractivity contribution in [1.29, 1.82) is 0 Å². The minimum absolute atomic E-state index is 0.0324. The van der Waals surface area contributed by atoms with Crippen LogP contribution in [0.2, 0.25) is 0 Å². The third-order valence-electron chi connectivity index (χ3n) is 1.74. The zero-order chi connectivity index (χ0) is 12.9. The zero-order valence-electron chi connectivity index (χ0n) is 9.37. The average molecular weight is 260 g/mol. The van der Waals surface area contributed by atoms with Crippen molar-refractivity contribution in [2.75, 3.05) is 20.2 Å². The number of ether oxygens (including phenoxy) is 2. The Kier molecular flexibility index (Phi) is 4.47. The van der Waals surface area contributed by atoms with Crippen LogP contribution in [0, 0.1) is 0 Å². The maximum Gasteiger partial charge on any atom is 0.337 e. The van der Waals surface area contributed by atoms with Crippen LogP contribution in [0.3, 0.4) is 0 Å². The Morgan fingerprint density at radius 2 is 2.00 bits per heavy atom. The maximum atomic E-state index is 11.3. The Morgan fingerprint density at radius 1 is 1.29 bits per heavy atom. The molecule has 1 aromatic rings. The smallest absolute Gasteiger partial charge is 0.337 e. The Balaban J connectivity index is 2.90. The van der Waals surface area contributed by atoms with Crippen molar-refractivity contribution < 1.29 is 26.9 Å². The summed E-state index contributed by atoms with van der Waals surface area (Å²) in [7, 11) is -1.33. The average Bonchev–Trinajstić information content (AvgIpc) is 2.27. The monoisotopic (exact) mass is 260 g/mol. The summed E-state index contributed by atoms with van der Waals surface area (Å²) in [6, 6.07) is 5.67. The van der Waals surface area contributed by atoms with Gasteiger partial charge in [0.05, 0.1) is 12.7 Å². The van der Waals surface area contributed by atoms with Gasteiger partial charge in [-0.3, -0.25) is 0 Å². The normalized spacial score (nSPS) is 10.9. The van der Waals surface area contributed by atoms with Crippen LogP contribution < -0.4 is 4.18 Å². The molecule has 0 aliphatic rings. The Hall–Kier alpha value is -1.60. The molecule has 0 unspecified atom stereocenters. The largest absolute Gasteiger partial charge is 0.465 e. The van der Waals surface area contributed by atoms with Crippen LogP contribution >= 0.6 is 0 Å². The predicted octanol–water partition coefficient (Wildman–Crippen LogP) is 0.786. The van der Waals surface area contributed by atoms with Crippen molar-refractivity contribution in [2.24, 2.45) is 0 Å². The standard InChI is InChI=1S/C10H12O6S/c1-14-7-17(12,13)16-9-5-3-4-8(6-9)10(11)15-2/h3-6H,7H2,1-2H3. The van der Waals surface area contributed by atoms with E-state index in [9.17, 15) is 13.2 Å². The van der Waals surface area contributed by atoms with E-state index in [1.165, 1.54) is 38.5 Å². The van der Waals surface area contributed by atoms with Crippen molar-refractivity contribution in [3.63, 3.8) is 0 Å². The summed E-state index contributed by atoms with van der Waals surface area (Å²) in [4.78, 5) is 11.2. The second-order valence-electron chi connectivity index (χ2n) is 3.07. The molecule has 0 spiro atoms. The number of rotatable bonds is 5. The van der Waals surface area contributed by atoms with Crippen LogP contribution in [0.15, 0.2) is 24.3 Å². The third-order valence-corrected chi connectivity index (χ3v) is 2.71. The predicted molar refractivity (Wildman–Crippen MR) is 59.2 cm³/mol. The summed E-state index contributed by atoms with van der Waals surface area (Å²) in [5, 5.41) is 0. The van der Waals surface area contributed by atoms with Gasteiger partial charge in [-0.05, 0) is 18.2 Å². The van der Waals surface area contributed by atoms with Crippen LogP contribution in [-0.2, 0) is 19.6 Å². The number of hydrogen-bond acceptors (Lipinski definition) is 6. The molecule has 0 saturated heterocycles. The lowest BCUT2D eigenvalue weighted by atomic mass is 10.2. The fraction of sp³-hybridized carbons (Fsp3) is 0.300. The molecule has 1 aromatic carbocycles. The number of esters is 1. The molecule has 0 amide bonds. The van der Waals surface area contributed by atoms with Crippen molar-refractivity contribution in [2.45, 2.75) is 0 Å². The molecule has 0 aromatic heterocycles. The minimum atomic E-state index is -3.81. The molecule has 6 nitrogen and oxygen atoms in total. The number of hydrogen-bond donors (Lipinski definition) is 0. The maximum absolute atomic E-state index is 11.3. The number of carbonyl (C=O) groups excluding carboxylic acids is 1. The van der Waals surface area contributed by atoms with Gasteiger partial charge >= 0.3 is 16.1 Å². The van der Waals surface area contributed by atoms with Gasteiger partial charge < -0.3 is 13.7 Å². The van der Waals surface area contributed by atoms with Crippen LogP contribution in [0.4, 0.5) is 0 Å². The highest BCUT2D eigenvalue weighted by Crippen LogP contribution is 2.16. The van der Waals surface area contributed by atoms with Crippen molar-refractivity contribution in [1.82, 2.24) is 0 Å². The van der Waals surface area contributed by atoms with E-state index in [0.717, 1.165) is 0 Å². The van der Waals surface area contributed by atoms with Crippen LogP contribution in [0.1, 0.15) is 10.4 Å². The van der Waals surface area contributed by atoms with Gasteiger partial charge in [0.2, 0.25) is 0 Å². The minimum Gasteiger partial charge on any atom is -0.465 e. The molecule has 0 radical (unpaired) electrons. The van der Waals surface area contributed by atoms with E-state index in [2.05, 4.69) is 9.47 Å². The Morgan fingerprint density at radius 3 is 2.59 bits per heavy atom. The van der Waals surface area contributed by atoms with E-state index in [1.807, 2.05) is 0 Å². The Bertz CT molecular complexity index is 493. The van der Waals surface area contributed by atoms with E-state index in [1.54, 1.807) is 0 Å². The van der Waals surface area contributed by atoms with Crippen molar-refractivity contribution in [3.8, 4) is 5.75 Å². The fourth-order valence-electron chi connectivity index (χ4n) is 1.11. The quantitative estimate of drug-likeness (QED) is 0.575. The molecule has 0 N–H and O–H groups in total. The summed E-state index contributed by atoms with van der Waals surface area (Å²) in [6.45, 7) is 0. The van der Waals surface area contributed by atoms with Gasteiger partial charge in [0, 0.05) is 7.11 Å². The van der Waals surface area contributed by atoms with E-state index < -0.39 is 22.0 Å². The SMILES string of the molecule is COCS(=O)(=O)Oc1cccc(C(=O)OC)c1. The first kappa shape index (κ1) is 13.5. The second kappa shape index (κ2) is 5.65. The summed E-state index contributed by atoms with van der Waals surface area (Å²) in [5.41, 5.74) is 0.206. The molecule has 0 heterocycles. The Labute approximate surface area is 99.2 Å². The summed E-state index contributed by atoms with van der Waals surface area (Å²) in [5.74, 6) is -1.10. The van der Waals surface area contributed by atoms with Gasteiger partial charge in [0.25, 0.3) is 0 Å². The first-order valence-corrected chi connectivity index (χ1v) is 6.15. The lowest BCUT2D eigenvalue weighted by Crippen LogP contribution is -2.15. The lowest BCUT2D eigenvalue weighted by molar-refractivity contribution is 0.0600. The fourth-order valence-corrected chi connectivity index (χ4v) is 1.84. The third kappa shape index (κ3) is 4.04. The highest BCUT2D eigenvalue weighted by atomic mass is 32.2. The van der Waals surface area contributed by atoms with Gasteiger partial charge in [-0.2, -0.15) is 8.42 Å². The molecule has 94 valence electrons. The summed E-state index contributed by atoms with van der Waals surface area (Å²) in [6.07, 6.45) is 0. The number of benzene rings is 1. The number of methoxy groups -OCH3 is 2. The molecule has 7 heteroatoms. The van der Waals surface area contributed by atoms with Gasteiger partial charge in [0.15, 0.2) is 5.94 Å². The second-order valence-corrected chi connectivity index (χ2v) is 4.58. The summed E-state index contributed by atoms with van der Waals surface area (Å²) >= 11 is 0. The zero-order valence-corrected chi connectivity index (χ0v) is 10.2. The van der Waals surface area contributed by atoms with Gasteiger partial charge in [0.1, 0.15) is 5.75 Å². The lowest BCUT2D eigenvalue weighted by Gasteiger charge is -2.06. The van der Waals surface area contributed by atoms with E-state index in [-0.39, 0.29) is 11.3 Å². The molecule has 17 heavy (non-hydrogen) atoms. The van der Waals surface area contributed by atoms with Gasteiger partial charge in [-0.25, -0.2) is 4.79 Å². The first-order chi connectivity index (χ1) is 7.98. The van der Waals surface area contributed by atoms with E-state index >= 15 is 0 Å². The van der Waals surface area contributed by atoms with Crippen molar-refractivity contribution >= 4 is 16.1 Å². The highest BCUT2D eigenvalue weighted by Gasteiger charge is 2.13. The number of carbonyl (C=O) groups is 1. The highest BCUT2D eigenvalue weighted by molar-refractivity contribution is 7.86. The molecule has 0 saturated carbocycles. The molecule has 1 rings (SSSR count). The van der Waals surface area contributed by atoms with Crippen LogP contribution in [-0.4, -0.2) is 34.5 Å². The molecular formula is C10H12O6S. The molecule has 0 aliphatic heterocycles. The molecule has 0 bridgehead atoms. The molecule has 0 aliphatic carbocycles. The van der Waals surface area contributed by atoms with Crippen molar-refractivity contribution in [3.05, 3.63) is 29.8 Å². The topological polar surface area (TPSA) is 78.9 Å².